The summed E-state index contributed by atoms with van der Waals surface area (Å²) in [5.41, 5.74) is 0.351. The van der Waals surface area contributed by atoms with Crippen LogP contribution >= 0.6 is 11.8 Å². The summed E-state index contributed by atoms with van der Waals surface area (Å²) in [5.74, 6) is 0.833. The van der Waals surface area contributed by atoms with Crippen LogP contribution in [-0.4, -0.2) is 54.8 Å². The lowest BCUT2D eigenvalue weighted by Crippen LogP contribution is -2.46. The van der Waals surface area contributed by atoms with E-state index in [1.165, 1.54) is 14.2 Å². The number of ether oxygens (including phenoxy) is 3. The first kappa shape index (κ1) is 22.4. The van der Waals surface area contributed by atoms with Gasteiger partial charge in [-0.2, -0.15) is 0 Å². The lowest BCUT2D eigenvalue weighted by molar-refractivity contribution is -0.148. The van der Waals surface area contributed by atoms with Gasteiger partial charge in [-0.25, -0.2) is 4.79 Å². The van der Waals surface area contributed by atoms with Crippen LogP contribution in [0.15, 0.2) is 18.2 Å². The van der Waals surface area contributed by atoms with Gasteiger partial charge >= 0.3 is 5.97 Å². The van der Waals surface area contributed by atoms with Crippen molar-refractivity contribution in [3.05, 3.63) is 23.8 Å². The lowest BCUT2D eigenvalue weighted by atomic mass is 10.1. The van der Waals surface area contributed by atoms with Gasteiger partial charge in [0.15, 0.2) is 0 Å². The Balaban J connectivity index is 2.35. The molecule has 6 nitrogen and oxygen atoms in total. The number of amides is 1. The van der Waals surface area contributed by atoms with Gasteiger partial charge in [-0.3, -0.25) is 4.79 Å². The van der Waals surface area contributed by atoms with Crippen molar-refractivity contribution in [2.24, 2.45) is 0 Å². The second-order valence-electron chi connectivity index (χ2n) is 6.72. The van der Waals surface area contributed by atoms with Crippen molar-refractivity contribution in [3.63, 3.8) is 0 Å². The molecule has 1 aromatic rings. The van der Waals surface area contributed by atoms with E-state index in [0.717, 1.165) is 32.1 Å². The summed E-state index contributed by atoms with van der Waals surface area (Å²) in [6.45, 7) is 4.46. The average Bonchev–Trinajstić information content (AvgIpc) is 3.14. The Morgan fingerprint density at radius 2 is 1.79 bits per heavy atom. The zero-order valence-corrected chi connectivity index (χ0v) is 18.0. The highest BCUT2D eigenvalue weighted by Crippen LogP contribution is 2.38. The zero-order chi connectivity index (χ0) is 20.5. The third-order valence-corrected chi connectivity index (χ3v) is 6.10. The Morgan fingerprint density at radius 3 is 2.36 bits per heavy atom. The topological polar surface area (TPSA) is 65.1 Å². The van der Waals surface area contributed by atoms with Crippen LogP contribution in [0, 0.1) is 0 Å². The van der Waals surface area contributed by atoms with E-state index in [-0.39, 0.29) is 17.3 Å². The summed E-state index contributed by atoms with van der Waals surface area (Å²) < 4.78 is 16.2. The molecule has 2 atom stereocenters. The van der Waals surface area contributed by atoms with E-state index < -0.39 is 6.04 Å². The van der Waals surface area contributed by atoms with Crippen molar-refractivity contribution in [1.82, 2.24) is 4.90 Å². The fourth-order valence-electron chi connectivity index (χ4n) is 3.30. The van der Waals surface area contributed by atoms with Gasteiger partial charge in [-0.15, -0.1) is 11.8 Å². The minimum atomic E-state index is -0.592. The largest absolute Gasteiger partial charge is 0.496 e. The van der Waals surface area contributed by atoms with Crippen LogP contribution in [-0.2, 0) is 9.53 Å². The number of hydrogen-bond donors (Lipinski definition) is 0. The highest BCUT2D eigenvalue weighted by atomic mass is 32.2. The monoisotopic (exact) mass is 409 g/mol. The average molecular weight is 410 g/mol. The van der Waals surface area contributed by atoms with E-state index in [2.05, 4.69) is 6.92 Å². The molecule has 0 aliphatic carbocycles. The van der Waals surface area contributed by atoms with Gasteiger partial charge in [0.2, 0.25) is 0 Å². The molecule has 2 rings (SSSR count). The van der Waals surface area contributed by atoms with Gasteiger partial charge in [0.25, 0.3) is 5.91 Å². The minimum Gasteiger partial charge on any atom is -0.496 e. The van der Waals surface area contributed by atoms with Crippen LogP contribution in [0.2, 0.25) is 0 Å². The third-order valence-electron chi connectivity index (χ3n) is 4.74. The molecule has 0 saturated carbocycles. The summed E-state index contributed by atoms with van der Waals surface area (Å²) in [4.78, 5) is 27.9. The van der Waals surface area contributed by atoms with Crippen LogP contribution in [0.3, 0.4) is 0 Å². The van der Waals surface area contributed by atoms with Crippen molar-refractivity contribution in [2.75, 3.05) is 26.6 Å². The molecule has 7 heteroatoms. The number of carbonyl (C=O) groups excluding carboxylic acids is 2. The predicted octanol–water partition coefficient (Wildman–Crippen LogP) is 4.12. The molecular formula is C21H31NO5S. The second-order valence-corrected chi connectivity index (χ2v) is 7.93. The minimum absolute atomic E-state index is 0.0622. The molecule has 1 fully saturated rings. The fraction of sp³-hybridized carbons (Fsp3) is 0.619. The number of hydrogen-bond acceptors (Lipinski definition) is 6. The van der Waals surface area contributed by atoms with Gasteiger partial charge < -0.3 is 19.1 Å². The van der Waals surface area contributed by atoms with Crippen LogP contribution in [0.4, 0.5) is 0 Å². The Kier molecular flexibility index (Phi) is 8.96. The van der Waals surface area contributed by atoms with Crippen LogP contribution in [0.1, 0.15) is 56.3 Å². The second kappa shape index (κ2) is 11.2. The van der Waals surface area contributed by atoms with Crippen molar-refractivity contribution >= 4 is 23.6 Å². The Bertz CT molecular complexity index is 644. The first-order chi connectivity index (χ1) is 13.6. The molecule has 0 bridgehead atoms. The quantitative estimate of drug-likeness (QED) is 0.428. The van der Waals surface area contributed by atoms with Crippen molar-refractivity contribution in [3.8, 4) is 11.5 Å². The van der Waals surface area contributed by atoms with Crippen molar-refractivity contribution in [1.29, 1.82) is 0 Å². The van der Waals surface area contributed by atoms with Gasteiger partial charge in [-0.1, -0.05) is 39.2 Å². The molecule has 0 N–H and O–H groups in total. The summed E-state index contributed by atoms with van der Waals surface area (Å²) in [5, 5.41) is -0.0622. The third kappa shape index (κ3) is 5.13. The normalized spacial score (nSPS) is 18.8. The summed E-state index contributed by atoms with van der Waals surface area (Å²) in [6, 6.07) is 4.65. The van der Waals surface area contributed by atoms with E-state index in [4.69, 9.17) is 14.2 Å². The highest BCUT2D eigenvalue weighted by Gasteiger charge is 2.43. The number of rotatable bonds is 10. The molecule has 0 spiro atoms. The van der Waals surface area contributed by atoms with E-state index in [9.17, 15) is 9.59 Å². The van der Waals surface area contributed by atoms with E-state index in [1.54, 1.807) is 34.9 Å². The molecule has 1 aliphatic heterocycles. The number of nitrogens with zero attached hydrogens (tertiary/aromatic N) is 1. The standard InChI is InChI=1S/C21H31NO5S/c1-5-7-8-12-18-22(15(14-28-18)21(24)27-13-6-2)20(23)19-16(25-3)10-9-11-17(19)26-4/h9-11,15,18H,5-8,12-14H2,1-4H3. The first-order valence-corrected chi connectivity index (χ1v) is 11.0. The molecular weight excluding hydrogens is 378 g/mol. The van der Waals surface area contributed by atoms with Crippen LogP contribution in [0.5, 0.6) is 11.5 Å². The van der Waals surface area contributed by atoms with Gasteiger partial charge in [0, 0.05) is 5.75 Å². The zero-order valence-electron chi connectivity index (χ0n) is 17.2. The number of esters is 1. The SMILES string of the molecule is CCCCCC1SCC(C(=O)OCCC)N1C(=O)c1c(OC)cccc1OC. The number of unbranched alkanes of at least 4 members (excludes halogenated alkanes) is 2. The molecule has 156 valence electrons. The highest BCUT2D eigenvalue weighted by molar-refractivity contribution is 8.00. The molecule has 0 aromatic heterocycles. The smallest absolute Gasteiger partial charge is 0.329 e. The number of carbonyl (C=O) groups is 2. The van der Waals surface area contributed by atoms with Gasteiger partial charge in [-0.05, 0) is 25.0 Å². The molecule has 1 aliphatic rings. The predicted molar refractivity (Wildman–Crippen MR) is 111 cm³/mol. The van der Waals surface area contributed by atoms with Gasteiger partial charge in [0.05, 0.1) is 26.2 Å². The Hall–Kier alpha value is -1.89. The fourth-order valence-corrected chi connectivity index (χ4v) is 4.74. The molecule has 28 heavy (non-hydrogen) atoms. The molecule has 1 amide bonds. The summed E-state index contributed by atoms with van der Waals surface area (Å²) in [7, 11) is 3.05. The maximum absolute atomic E-state index is 13.6. The van der Waals surface area contributed by atoms with Crippen LogP contribution in [0.25, 0.3) is 0 Å². The molecule has 2 unspecified atom stereocenters. The van der Waals surface area contributed by atoms with Crippen LogP contribution < -0.4 is 9.47 Å². The van der Waals surface area contributed by atoms with E-state index in [0.29, 0.717) is 29.4 Å². The lowest BCUT2D eigenvalue weighted by Gasteiger charge is -2.29. The van der Waals surface area contributed by atoms with Gasteiger partial charge in [0.1, 0.15) is 23.1 Å². The summed E-state index contributed by atoms with van der Waals surface area (Å²) in [6.07, 6.45) is 4.81. The maximum Gasteiger partial charge on any atom is 0.329 e. The molecule has 1 saturated heterocycles. The molecule has 1 aromatic carbocycles. The summed E-state index contributed by atoms with van der Waals surface area (Å²) >= 11 is 1.64. The molecule has 0 radical (unpaired) electrons. The maximum atomic E-state index is 13.6. The Morgan fingerprint density at radius 1 is 1.11 bits per heavy atom. The Labute approximate surface area is 171 Å². The van der Waals surface area contributed by atoms with Crippen molar-refractivity contribution in [2.45, 2.75) is 57.4 Å². The van der Waals surface area contributed by atoms with Crippen molar-refractivity contribution < 1.29 is 23.8 Å². The number of thioether (sulfide) groups is 1. The number of methoxy groups -OCH3 is 2. The van der Waals surface area contributed by atoms with E-state index in [1.807, 2.05) is 6.92 Å². The molecule has 1 heterocycles. The number of benzene rings is 1. The van der Waals surface area contributed by atoms with E-state index >= 15 is 0 Å². The first-order valence-electron chi connectivity index (χ1n) is 9.90.